The first-order valence-electron chi connectivity index (χ1n) is 15.0. The summed E-state index contributed by atoms with van der Waals surface area (Å²) in [7, 11) is 1.89. The lowest BCUT2D eigenvalue weighted by Crippen LogP contribution is -2.43. The van der Waals surface area contributed by atoms with Crippen molar-refractivity contribution in [3.05, 3.63) is 101 Å². The van der Waals surface area contributed by atoms with E-state index in [9.17, 15) is 22.8 Å². The van der Waals surface area contributed by atoms with Crippen LogP contribution in [0.2, 0.25) is 0 Å². The molecule has 0 radical (unpaired) electrons. The molecule has 14 heteroatoms. The molecule has 2 N–H and O–H groups in total. The Labute approximate surface area is 263 Å². The maximum atomic E-state index is 14.5. The molecule has 1 aliphatic heterocycles. The lowest BCUT2D eigenvalue weighted by atomic mass is 9.58. The van der Waals surface area contributed by atoms with E-state index in [2.05, 4.69) is 44.4 Å². The number of rotatable bonds is 11. The van der Waals surface area contributed by atoms with Crippen molar-refractivity contribution in [2.45, 2.75) is 51.0 Å². The monoisotopic (exact) mass is 633 g/mol. The predicted octanol–water partition coefficient (Wildman–Crippen LogP) is 4.13. The second-order valence-corrected chi connectivity index (χ2v) is 12.1. The highest BCUT2D eigenvalue weighted by molar-refractivity contribution is 6.10. The molecule has 1 fully saturated rings. The summed E-state index contributed by atoms with van der Waals surface area (Å²) in [6.45, 7) is 6.28. The van der Waals surface area contributed by atoms with E-state index in [-0.39, 0.29) is 48.6 Å². The number of aryl methyl sites for hydroxylation is 1. The minimum atomic E-state index is -4.68. The van der Waals surface area contributed by atoms with Gasteiger partial charge >= 0.3 is 6.18 Å². The van der Waals surface area contributed by atoms with Crippen molar-refractivity contribution in [1.82, 2.24) is 40.4 Å². The number of aromatic amines is 1. The Morgan fingerprint density at radius 2 is 2.04 bits per heavy atom. The van der Waals surface area contributed by atoms with Crippen LogP contribution in [-0.2, 0) is 43.1 Å². The molecular weight excluding hydrogens is 599 g/mol. The molecular formula is C32H34F3N9O2. The number of alkyl halides is 3. The Morgan fingerprint density at radius 3 is 2.70 bits per heavy atom. The third-order valence-electron chi connectivity index (χ3n) is 8.82. The molecule has 1 saturated carbocycles. The second kappa shape index (κ2) is 12.2. The average Bonchev–Trinajstić information content (AvgIpc) is 3.75. The van der Waals surface area contributed by atoms with Gasteiger partial charge < -0.3 is 14.8 Å². The molecule has 0 saturated heterocycles. The van der Waals surface area contributed by atoms with Crippen LogP contribution in [0.1, 0.15) is 63.9 Å². The Morgan fingerprint density at radius 1 is 1.24 bits per heavy atom. The molecule has 3 heterocycles. The molecule has 2 aromatic carbocycles. The number of nitrogens with zero attached hydrogens (tertiary/aromatic N) is 7. The molecule has 240 valence electrons. The summed E-state index contributed by atoms with van der Waals surface area (Å²) < 4.78 is 45.5. The fraction of sp³-hybridized carbons (Fsp3) is 0.375. The molecule has 1 aliphatic carbocycles. The maximum Gasteiger partial charge on any atom is 0.416 e. The quantitative estimate of drug-likeness (QED) is 0.238. The number of carbonyl (C=O) groups excluding carboxylic acids is 2. The van der Waals surface area contributed by atoms with Gasteiger partial charge in [0, 0.05) is 44.5 Å². The van der Waals surface area contributed by atoms with Crippen LogP contribution in [-0.4, -0.2) is 60.0 Å². The van der Waals surface area contributed by atoms with Crippen LogP contribution < -0.4 is 10.2 Å². The number of halogens is 3. The molecule has 0 spiro atoms. The van der Waals surface area contributed by atoms with Crippen molar-refractivity contribution >= 4 is 17.5 Å². The molecule has 46 heavy (non-hydrogen) atoms. The Hall–Kier alpha value is -4.85. The minimum absolute atomic E-state index is 0.0249. The second-order valence-electron chi connectivity index (χ2n) is 12.1. The summed E-state index contributed by atoms with van der Waals surface area (Å²) in [5.41, 5.74) is 1.13. The molecule has 11 nitrogen and oxygen atoms in total. The molecule has 2 aromatic heterocycles. The van der Waals surface area contributed by atoms with Crippen molar-refractivity contribution in [3.8, 4) is 0 Å². The summed E-state index contributed by atoms with van der Waals surface area (Å²) in [4.78, 5) is 28.8. The topological polar surface area (TPSA) is 125 Å². The average molecular weight is 634 g/mol. The fourth-order valence-electron chi connectivity index (χ4n) is 6.80. The van der Waals surface area contributed by atoms with Gasteiger partial charge in [0.05, 0.1) is 29.4 Å². The molecule has 6 rings (SSSR count). The summed E-state index contributed by atoms with van der Waals surface area (Å²) in [6.07, 6.45) is 1.35. The minimum Gasteiger partial charge on any atom is -0.351 e. The maximum absolute atomic E-state index is 14.5. The van der Waals surface area contributed by atoms with Gasteiger partial charge in [0.25, 0.3) is 5.91 Å². The molecule has 2 aliphatic rings. The Balaban J connectivity index is 1.31. The lowest BCUT2D eigenvalue weighted by molar-refractivity contribution is -0.138. The third kappa shape index (κ3) is 5.91. The van der Waals surface area contributed by atoms with E-state index in [1.54, 1.807) is 18.5 Å². The number of nitrogens with one attached hydrogen (secondary N) is 2. The van der Waals surface area contributed by atoms with Gasteiger partial charge in [0.1, 0.15) is 12.2 Å². The number of carbonyl (C=O) groups is 2. The van der Waals surface area contributed by atoms with Crippen LogP contribution in [0.4, 0.5) is 18.9 Å². The fourth-order valence-corrected chi connectivity index (χ4v) is 6.80. The summed E-state index contributed by atoms with van der Waals surface area (Å²) in [6, 6.07) is 10.1. The third-order valence-corrected chi connectivity index (χ3v) is 8.82. The van der Waals surface area contributed by atoms with E-state index in [0.29, 0.717) is 29.4 Å². The van der Waals surface area contributed by atoms with E-state index >= 15 is 0 Å². The van der Waals surface area contributed by atoms with E-state index < -0.39 is 17.6 Å². The van der Waals surface area contributed by atoms with Crippen molar-refractivity contribution in [1.29, 1.82) is 0 Å². The number of benzene rings is 2. The Kier molecular flexibility index (Phi) is 8.23. The number of hydrogen-bond acceptors (Lipinski definition) is 7. The molecule has 0 atom stereocenters. The van der Waals surface area contributed by atoms with Crippen molar-refractivity contribution < 1.29 is 22.8 Å². The predicted molar refractivity (Wildman–Crippen MR) is 162 cm³/mol. The highest BCUT2D eigenvalue weighted by atomic mass is 19.4. The summed E-state index contributed by atoms with van der Waals surface area (Å²) >= 11 is 0. The van der Waals surface area contributed by atoms with Gasteiger partial charge in [-0.05, 0) is 65.8 Å². The van der Waals surface area contributed by atoms with E-state index in [1.807, 2.05) is 34.7 Å². The van der Waals surface area contributed by atoms with Crippen LogP contribution >= 0.6 is 0 Å². The number of H-pyrrole nitrogens is 1. The van der Waals surface area contributed by atoms with Gasteiger partial charge in [-0.1, -0.05) is 25.6 Å². The van der Waals surface area contributed by atoms with Crippen molar-refractivity contribution in [3.63, 3.8) is 0 Å². The number of hydrogen-bond donors (Lipinski definition) is 2. The van der Waals surface area contributed by atoms with Crippen LogP contribution in [0.15, 0.2) is 61.6 Å². The van der Waals surface area contributed by atoms with Gasteiger partial charge in [-0.15, -0.1) is 10.2 Å². The van der Waals surface area contributed by atoms with Gasteiger partial charge in [-0.25, -0.2) is 0 Å². The molecule has 0 bridgehead atoms. The largest absolute Gasteiger partial charge is 0.416 e. The first-order chi connectivity index (χ1) is 22.0. The number of aromatic nitrogens is 6. The van der Waals surface area contributed by atoms with E-state index in [4.69, 9.17) is 0 Å². The first-order valence-corrected chi connectivity index (χ1v) is 15.0. The van der Waals surface area contributed by atoms with Crippen LogP contribution in [0.3, 0.4) is 0 Å². The zero-order valence-electron chi connectivity index (χ0n) is 25.5. The summed E-state index contributed by atoms with van der Waals surface area (Å²) in [5, 5.41) is 21.5. The van der Waals surface area contributed by atoms with Crippen LogP contribution in [0.5, 0.6) is 0 Å². The Bertz CT molecular complexity index is 1760. The highest BCUT2D eigenvalue weighted by Crippen LogP contribution is 2.52. The van der Waals surface area contributed by atoms with E-state index in [0.717, 1.165) is 36.4 Å². The van der Waals surface area contributed by atoms with Gasteiger partial charge in [-0.2, -0.15) is 28.6 Å². The zero-order chi connectivity index (χ0) is 32.6. The normalized spacial score (nSPS) is 19.3. The number of fused-ring (bicyclic) bond motifs is 1. The number of anilines is 1. The molecule has 2 amide bonds. The van der Waals surface area contributed by atoms with Crippen LogP contribution in [0, 0.1) is 5.92 Å². The van der Waals surface area contributed by atoms with Crippen molar-refractivity contribution in [2.75, 3.05) is 18.0 Å². The number of amides is 2. The standard InChI is InChI=1S/C32H34F3N9O2/c1-4-28(45)36-8-9-43(17-23-15-37-41-39-23)16-21-10-25-26(27(11-21)32(33,34)35)18-44(29(25)46)24-7-5-6-22(12-24)31(13-20(2)14-31)30-40-38-19-42(30)3/h4-7,10-12,15,19-20H,1,8-9,13-14,16-18H2,2-3H3,(H,36,45)(H,37,39,41). The zero-order valence-corrected chi connectivity index (χ0v) is 25.5. The van der Waals surface area contributed by atoms with Crippen LogP contribution in [0.25, 0.3) is 0 Å². The first kappa shape index (κ1) is 31.1. The molecule has 0 unspecified atom stereocenters. The lowest BCUT2D eigenvalue weighted by Gasteiger charge is -2.46. The smallest absolute Gasteiger partial charge is 0.351 e. The highest BCUT2D eigenvalue weighted by Gasteiger charge is 2.48. The van der Waals surface area contributed by atoms with Gasteiger partial charge in [0.2, 0.25) is 5.91 Å². The SMILES string of the molecule is C=CC(=O)NCCN(Cc1cc2c(c(C(F)(F)F)c1)CN(c1cccc(C3(c4nncn4C)CC(C)C3)c1)C2=O)Cc1cn[nH]n1. The molecule has 4 aromatic rings. The van der Waals surface area contributed by atoms with Gasteiger partial charge in [-0.3, -0.25) is 14.5 Å². The summed E-state index contributed by atoms with van der Waals surface area (Å²) in [5.74, 6) is 0.438. The van der Waals surface area contributed by atoms with Crippen molar-refractivity contribution in [2.24, 2.45) is 13.0 Å². The van der Waals surface area contributed by atoms with E-state index in [1.165, 1.54) is 11.1 Å². The van der Waals surface area contributed by atoms with Gasteiger partial charge in [0.15, 0.2) is 0 Å².